The second kappa shape index (κ2) is 7.72. The Labute approximate surface area is 163 Å². The zero-order valence-electron chi connectivity index (χ0n) is 15.4. The molecule has 2 aliphatic heterocycles. The van der Waals surface area contributed by atoms with E-state index in [9.17, 15) is 14.4 Å². The van der Waals surface area contributed by atoms with Crippen LogP contribution < -0.4 is 20.9 Å². The van der Waals surface area contributed by atoms with Gasteiger partial charge < -0.3 is 16.0 Å². The highest BCUT2D eigenvalue weighted by atomic mass is 16.2. The summed E-state index contributed by atoms with van der Waals surface area (Å²) in [4.78, 5) is 37.9. The number of carbonyl (C=O) groups is 3. The summed E-state index contributed by atoms with van der Waals surface area (Å²) in [5.41, 5.74) is 3.44. The quantitative estimate of drug-likeness (QED) is 0.747. The smallest absolute Gasteiger partial charge is 0.321 e. The topological polar surface area (TPSA) is 90.5 Å². The molecule has 2 aliphatic rings. The molecule has 2 aromatic rings. The number of anilines is 3. The van der Waals surface area contributed by atoms with Gasteiger partial charge in [0.15, 0.2) is 0 Å². The van der Waals surface area contributed by atoms with Gasteiger partial charge in [-0.1, -0.05) is 18.2 Å². The maximum absolute atomic E-state index is 12.3. The predicted molar refractivity (Wildman–Crippen MR) is 107 cm³/mol. The minimum Gasteiger partial charge on any atom is -0.336 e. The number of urea groups is 1. The fourth-order valence-corrected chi connectivity index (χ4v) is 3.62. The van der Waals surface area contributed by atoms with E-state index < -0.39 is 0 Å². The Kier molecular flexibility index (Phi) is 4.97. The lowest BCUT2D eigenvalue weighted by Gasteiger charge is -2.24. The number of rotatable bonds is 5. The first-order valence-electron chi connectivity index (χ1n) is 9.44. The Morgan fingerprint density at radius 3 is 2.64 bits per heavy atom. The monoisotopic (exact) mass is 378 g/mol. The minimum absolute atomic E-state index is 0.0280. The maximum atomic E-state index is 12.3. The highest BCUT2D eigenvalue weighted by molar-refractivity contribution is 5.97. The van der Waals surface area contributed by atoms with Crippen molar-refractivity contribution >= 4 is 34.9 Å². The molecule has 0 bridgehead atoms. The third-order valence-corrected chi connectivity index (χ3v) is 5.15. The number of fused-ring (bicyclic) bond motifs is 1. The number of para-hydroxylation sites is 1. The van der Waals surface area contributed by atoms with Crippen molar-refractivity contribution in [3.63, 3.8) is 0 Å². The predicted octanol–water partition coefficient (Wildman–Crippen LogP) is 2.75. The zero-order chi connectivity index (χ0) is 19.5. The standard InChI is InChI=1S/C21H22N4O3/c26-19(10-5-15-13-14-3-1-2-4-18(14)24-20(15)27)23-16-6-8-17(9-7-16)25-12-11-22-21(25)28/h1-4,6-9,15H,5,10-13H2,(H,22,28)(H,23,26)(H,24,27). The molecule has 0 spiro atoms. The van der Waals surface area contributed by atoms with E-state index in [-0.39, 0.29) is 30.2 Å². The first kappa shape index (κ1) is 18.0. The van der Waals surface area contributed by atoms with E-state index in [2.05, 4.69) is 16.0 Å². The lowest BCUT2D eigenvalue weighted by molar-refractivity contribution is -0.121. The second-order valence-electron chi connectivity index (χ2n) is 7.06. The Morgan fingerprint density at radius 1 is 1.11 bits per heavy atom. The van der Waals surface area contributed by atoms with Gasteiger partial charge >= 0.3 is 6.03 Å². The summed E-state index contributed by atoms with van der Waals surface area (Å²) in [5.74, 6) is -0.352. The SMILES string of the molecule is O=C(CCC1Cc2ccccc2NC1=O)Nc1ccc(N2CCNC2=O)cc1. The van der Waals surface area contributed by atoms with Crippen LogP contribution in [0.25, 0.3) is 0 Å². The maximum Gasteiger partial charge on any atom is 0.321 e. The molecule has 1 unspecified atom stereocenters. The van der Waals surface area contributed by atoms with Crippen molar-refractivity contribution in [3.8, 4) is 0 Å². The molecule has 7 heteroatoms. The van der Waals surface area contributed by atoms with Crippen LogP contribution in [0.5, 0.6) is 0 Å². The fourth-order valence-electron chi connectivity index (χ4n) is 3.62. The molecule has 28 heavy (non-hydrogen) atoms. The lowest BCUT2D eigenvalue weighted by atomic mass is 9.89. The molecule has 0 aliphatic carbocycles. The average Bonchev–Trinajstić information content (AvgIpc) is 3.13. The zero-order valence-corrected chi connectivity index (χ0v) is 15.4. The number of amides is 4. The summed E-state index contributed by atoms with van der Waals surface area (Å²) in [7, 11) is 0. The molecule has 2 aromatic carbocycles. The van der Waals surface area contributed by atoms with Crippen LogP contribution in [0.3, 0.4) is 0 Å². The van der Waals surface area contributed by atoms with Crippen molar-refractivity contribution in [3.05, 3.63) is 54.1 Å². The molecule has 144 valence electrons. The van der Waals surface area contributed by atoms with Crippen LogP contribution in [0.4, 0.5) is 21.9 Å². The Morgan fingerprint density at radius 2 is 1.89 bits per heavy atom. The molecule has 7 nitrogen and oxygen atoms in total. The number of nitrogens with zero attached hydrogens (tertiary/aromatic N) is 1. The van der Waals surface area contributed by atoms with Gasteiger partial charge in [0.1, 0.15) is 0 Å². The number of benzene rings is 2. The largest absolute Gasteiger partial charge is 0.336 e. The minimum atomic E-state index is -0.197. The average molecular weight is 378 g/mol. The number of carbonyl (C=O) groups excluding carboxylic acids is 3. The van der Waals surface area contributed by atoms with Crippen molar-refractivity contribution in [2.75, 3.05) is 28.6 Å². The molecule has 4 amide bonds. The summed E-state index contributed by atoms with van der Waals surface area (Å²) < 4.78 is 0. The number of hydrogen-bond acceptors (Lipinski definition) is 3. The van der Waals surface area contributed by atoms with Gasteiger partial charge in [0.05, 0.1) is 0 Å². The summed E-state index contributed by atoms with van der Waals surface area (Å²) in [6.07, 6.45) is 1.43. The van der Waals surface area contributed by atoms with Crippen molar-refractivity contribution in [2.45, 2.75) is 19.3 Å². The van der Waals surface area contributed by atoms with E-state index in [1.54, 1.807) is 17.0 Å². The molecule has 2 heterocycles. The van der Waals surface area contributed by atoms with Crippen molar-refractivity contribution in [2.24, 2.45) is 5.92 Å². The van der Waals surface area contributed by atoms with Gasteiger partial charge in [-0.3, -0.25) is 14.5 Å². The van der Waals surface area contributed by atoms with Gasteiger partial charge in [-0.2, -0.15) is 0 Å². The Hall–Kier alpha value is -3.35. The second-order valence-corrected chi connectivity index (χ2v) is 7.06. The summed E-state index contributed by atoms with van der Waals surface area (Å²) in [6.45, 7) is 1.27. The van der Waals surface area contributed by atoms with Gasteiger partial charge in [0.2, 0.25) is 11.8 Å². The van der Waals surface area contributed by atoms with Crippen LogP contribution in [0.1, 0.15) is 18.4 Å². The van der Waals surface area contributed by atoms with Crippen LogP contribution >= 0.6 is 0 Å². The first-order valence-corrected chi connectivity index (χ1v) is 9.44. The summed E-state index contributed by atoms with van der Waals surface area (Å²) in [5, 5.41) is 8.52. The van der Waals surface area contributed by atoms with E-state index in [4.69, 9.17) is 0 Å². The molecular formula is C21H22N4O3. The normalized spacial score (nSPS) is 18.3. The third kappa shape index (κ3) is 3.83. The fraction of sp³-hybridized carbons (Fsp3) is 0.286. The number of hydrogen-bond donors (Lipinski definition) is 3. The molecule has 1 saturated heterocycles. The molecule has 4 rings (SSSR count). The van der Waals surface area contributed by atoms with Crippen LogP contribution in [-0.4, -0.2) is 30.9 Å². The number of nitrogens with one attached hydrogen (secondary N) is 3. The van der Waals surface area contributed by atoms with Crippen molar-refractivity contribution < 1.29 is 14.4 Å². The molecule has 1 fully saturated rings. The lowest BCUT2D eigenvalue weighted by Crippen LogP contribution is -2.30. The van der Waals surface area contributed by atoms with Crippen LogP contribution in [0.2, 0.25) is 0 Å². The highest BCUT2D eigenvalue weighted by Crippen LogP contribution is 2.27. The molecule has 0 saturated carbocycles. The van der Waals surface area contributed by atoms with E-state index in [0.29, 0.717) is 31.6 Å². The van der Waals surface area contributed by atoms with Gasteiger partial charge in [-0.15, -0.1) is 0 Å². The Bertz CT molecular complexity index is 910. The highest BCUT2D eigenvalue weighted by Gasteiger charge is 2.26. The van der Waals surface area contributed by atoms with Crippen LogP contribution in [0, 0.1) is 5.92 Å². The van der Waals surface area contributed by atoms with E-state index in [0.717, 1.165) is 16.9 Å². The van der Waals surface area contributed by atoms with Gasteiger partial charge in [0.25, 0.3) is 0 Å². The van der Waals surface area contributed by atoms with Gasteiger partial charge in [-0.05, 0) is 48.7 Å². The van der Waals surface area contributed by atoms with E-state index in [1.165, 1.54) is 0 Å². The van der Waals surface area contributed by atoms with Gasteiger partial charge in [-0.25, -0.2) is 4.79 Å². The Balaban J connectivity index is 1.30. The molecule has 1 atom stereocenters. The third-order valence-electron chi connectivity index (χ3n) is 5.15. The molecule has 0 radical (unpaired) electrons. The van der Waals surface area contributed by atoms with E-state index >= 15 is 0 Å². The molecular weight excluding hydrogens is 356 g/mol. The van der Waals surface area contributed by atoms with Crippen LogP contribution in [-0.2, 0) is 16.0 Å². The van der Waals surface area contributed by atoms with Crippen LogP contribution in [0.15, 0.2) is 48.5 Å². The van der Waals surface area contributed by atoms with Crippen molar-refractivity contribution in [1.29, 1.82) is 0 Å². The first-order chi connectivity index (χ1) is 13.6. The summed E-state index contributed by atoms with van der Waals surface area (Å²) in [6, 6.07) is 14.8. The van der Waals surface area contributed by atoms with Crippen molar-refractivity contribution in [1.82, 2.24) is 5.32 Å². The molecule has 0 aromatic heterocycles. The molecule has 3 N–H and O–H groups in total. The van der Waals surface area contributed by atoms with E-state index in [1.807, 2.05) is 36.4 Å². The van der Waals surface area contributed by atoms with Gasteiger partial charge in [0, 0.05) is 42.5 Å². The summed E-state index contributed by atoms with van der Waals surface area (Å²) >= 11 is 0.